The van der Waals surface area contributed by atoms with Crippen LogP contribution in [0.2, 0.25) is 0 Å². The molecule has 19 heavy (non-hydrogen) atoms. The fourth-order valence-corrected chi connectivity index (χ4v) is 2.42. The van der Waals surface area contributed by atoms with Crippen molar-refractivity contribution in [1.82, 2.24) is 29.7 Å². The first-order valence-electron chi connectivity index (χ1n) is 5.79. The molecule has 0 radical (unpaired) electrons. The van der Waals surface area contributed by atoms with Crippen LogP contribution in [0.5, 0.6) is 0 Å². The van der Waals surface area contributed by atoms with E-state index >= 15 is 0 Å². The number of aryl methyl sites for hydroxylation is 1. The Kier molecular flexibility index (Phi) is 3.00. The zero-order valence-corrected chi connectivity index (χ0v) is 11.1. The second-order valence-electron chi connectivity index (χ2n) is 4.10. The largest absolute Gasteiger partial charge is 0.349 e. The summed E-state index contributed by atoms with van der Waals surface area (Å²) in [5, 5.41) is 12.5. The molecule has 3 aromatic heterocycles. The number of aromatic nitrogens is 5. The van der Waals surface area contributed by atoms with E-state index in [4.69, 9.17) is 0 Å². The number of imidazole rings is 1. The summed E-state index contributed by atoms with van der Waals surface area (Å²) in [6, 6.07) is 0. The maximum atomic E-state index is 11.9. The maximum Gasteiger partial charge on any atom is 0.271 e. The molecule has 0 spiro atoms. The molecule has 1 amide bonds. The number of hydrogen-bond acceptors (Lipinski definition) is 5. The molecule has 0 aliphatic rings. The Labute approximate surface area is 112 Å². The topological polar surface area (TPSA) is 77.1 Å². The molecule has 8 heteroatoms. The molecule has 3 aromatic rings. The zero-order valence-electron chi connectivity index (χ0n) is 10.3. The number of amides is 1. The van der Waals surface area contributed by atoms with Gasteiger partial charge in [-0.2, -0.15) is 0 Å². The molecule has 0 saturated heterocycles. The monoisotopic (exact) mass is 276 g/mol. The van der Waals surface area contributed by atoms with Crippen LogP contribution < -0.4 is 5.32 Å². The van der Waals surface area contributed by atoms with Crippen LogP contribution in [0.15, 0.2) is 24.0 Å². The molecule has 0 unspecified atom stereocenters. The molecular weight excluding hydrogens is 264 g/mol. The summed E-state index contributed by atoms with van der Waals surface area (Å²) in [5.74, 6) is -0.173. The Bertz CT molecular complexity index is 683. The summed E-state index contributed by atoms with van der Waals surface area (Å²) in [4.78, 5) is 16.9. The predicted molar refractivity (Wildman–Crippen MR) is 70.2 cm³/mol. The van der Waals surface area contributed by atoms with Crippen LogP contribution in [0.3, 0.4) is 0 Å². The van der Waals surface area contributed by atoms with E-state index < -0.39 is 0 Å². The highest BCUT2D eigenvalue weighted by atomic mass is 32.1. The van der Waals surface area contributed by atoms with Gasteiger partial charge in [-0.1, -0.05) is 5.21 Å². The molecule has 0 aliphatic carbocycles. The third-order valence-electron chi connectivity index (χ3n) is 2.61. The first kappa shape index (κ1) is 11.8. The van der Waals surface area contributed by atoms with Crippen LogP contribution >= 0.6 is 11.3 Å². The Morgan fingerprint density at radius 1 is 1.47 bits per heavy atom. The third-order valence-corrected chi connectivity index (χ3v) is 3.38. The Morgan fingerprint density at radius 3 is 3.11 bits per heavy atom. The molecule has 0 aromatic carbocycles. The zero-order chi connectivity index (χ0) is 13.2. The van der Waals surface area contributed by atoms with Gasteiger partial charge in [0, 0.05) is 30.5 Å². The van der Waals surface area contributed by atoms with E-state index in [1.165, 1.54) is 11.3 Å². The lowest BCUT2D eigenvalue weighted by molar-refractivity contribution is 0.0947. The number of carbonyl (C=O) groups is 1. The van der Waals surface area contributed by atoms with Gasteiger partial charge >= 0.3 is 0 Å². The highest BCUT2D eigenvalue weighted by molar-refractivity contribution is 7.15. The van der Waals surface area contributed by atoms with E-state index in [0.717, 1.165) is 10.7 Å². The fraction of sp³-hybridized carbons (Fsp3) is 0.273. The number of carbonyl (C=O) groups excluding carboxylic acids is 1. The molecule has 98 valence electrons. The van der Waals surface area contributed by atoms with Crippen LogP contribution in [0.4, 0.5) is 0 Å². The SMILES string of the molecule is Cc1cn(CCNC(=O)c2cn3ccsc3n2)nn1. The van der Waals surface area contributed by atoms with E-state index in [2.05, 4.69) is 20.6 Å². The standard InChI is InChI=1S/C11H12N6OS/c1-8-6-17(15-14-8)3-2-12-10(18)9-7-16-4-5-19-11(16)13-9/h4-7H,2-3H2,1H3,(H,12,18). The van der Waals surface area contributed by atoms with Crippen molar-refractivity contribution >= 4 is 22.2 Å². The number of nitrogens with zero attached hydrogens (tertiary/aromatic N) is 5. The van der Waals surface area contributed by atoms with Gasteiger partial charge < -0.3 is 5.32 Å². The van der Waals surface area contributed by atoms with E-state index in [1.807, 2.05) is 29.1 Å². The van der Waals surface area contributed by atoms with Crippen LogP contribution in [0.1, 0.15) is 16.2 Å². The summed E-state index contributed by atoms with van der Waals surface area (Å²) in [7, 11) is 0. The first-order valence-corrected chi connectivity index (χ1v) is 6.67. The van der Waals surface area contributed by atoms with Gasteiger partial charge in [0.2, 0.25) is 0 Å². The molecule has 0 aliphatic heterocycles. The molecule has 0 atom stereocenters. The Hall–Kier alpha value is -2.22. The second-order valence-corrected chi connectivity index (χ2v) is 4.97. The normalized spacial score (nSPS) is 11.0. The lowest BCUT2D eigenvalue weighted by atomic mass is 10.4. The summed E-state index contributed by atoms with van der Waals surface area (Å²) in [6.07, 6.45) is 5.43. The molecule has 0 fully saturated rings. The highest BCUT2D eigenvalue weighted by Gasteiger charge is 2.10. The smallest absolute Gasteiger partial charge is 0.271 e. The lowest BCUT2D eigenvalue weighted by Crippen LogP contribution is -2.27. The van der Waals surface area contributed by atoms with Gasteiger partial charge in [0.25, 0.3) is 5.91 Å². The number of rotatable bonds is 4. The summed E-state index contributed by atoms with van der Waals surface area (Å²) < 4.78 is 3.53. The summed E-state index contributed by atoms with van der Waals surface area (Å²) in [5.41, 5.74) is 1.29. The van der Waals surface area contributed by atoms with E-state index in [0.29, 0.717) is 18.8 Å². The van der Waals surface area contributed by atoms with Gasteiger partial charge in [-0.05, 0) is 6.92 Å². The number of nitrogens with one attached hydrogen (secondary N) is 1. The van der Waals surface area contributed by atoms with Crippen molar-refractivity contribution in [2.45, 2.75) is 13.5 Å². The van der Waals surface area contributed by atoms with Crippen molar-refractivity contribution in [2.75, 3.05) is 6.54 Å². The van der Waals surface area contributed by atoms with Gasteiger partial charge in [0.15, 0.2) is 4.96 Å². The molecule has 1 N–H and O–H groups in total. The predicted octanol–water partition coefficient (Wildman–Crippen LogP) is 0.726. The number of thiazole rings is 1. The lowest BCUT2D eigenvalue weighted by Gasteiger charge is -2.02. The molecular formula is C11H12N6OS. The first-order chi connectivity index (χ1) is 9.22. The number of fused-ring (bicyclic) bond motifs is 1. The van der Waals surface area contributed by atoms with Crippen molar-refractivity contribution in [2.24, 2.45) is 0 Å². The molecule has 7 nitrogen and oxygen atoms in total. The van der Waals surface area contributed by atoms with E-state index in [-0.39, 0.29) is 5.91 Å². The van der Waals surface area contributed by atoms with Crippen LogP contribution in [0.25, 0.3) is 4.96 Å². The minimum Gasteiger partial charge on any atom is -0.349 e. The van der Waals surface area contributed by atoms with Crippen molar-refractivity contribution < 1.29 is 4.79 Å². The van der Waals surface area contributed by atoms with E-state index in [1.54, 1.807) is 10.9 Å². The van der Waals surface area contributed by atoms with Gasteiger partial charge in [-0.25, -0.2) is 4.98 Å². The van der Waals surface area contributed by atoms with Crippen LogP contribution in [-0.2, 0) is 6.54 Å². The average molecular weight is 276 g/mol. The van der Waals surface area contributed by atoms with Crippen molar-refractivity contribution in [1.29, 1.82) is 0 Å². The molecule has 0 bridgehead atoms. The Morgan fingerprint density at radius 2 is 2.37 bits per heavy atom. The fourth-order valence-electron chi connectivity index (χ4n) is 1.72. The van der Waals surface area contributed by atoms with Crippen molar-refractivity contribution in [3.8, 4) is 0 Å². The quantitative estimate of drug-likeness (QED) is 0.762. The Balaban J connectivity index is 1.58. The second kappa shape index (κ2) is 4.81. The van der Waals surface area contributed by atoms with Gasteiger partial charge in [-0.3, -0.25) is 13.9 Å². The van der Waals surface area contributed by atoms with Gasteiger partial charge in [0.1, 0.15) is 5.69 Å². The van der Waals surface area contributed by atoms with E-state index in [9.17, 15) is 4.79 Å². The summed E-state index contributed by atoms with van der Waals surface area (Å²) >= 11 is 1.50. The van der Waals surface area contributed by atoms with Crippen molar-refractivity contribution in [3.05, 3.63) is 35.4 Å². The summed E-state index contributed by atoms with van der Waals surface area (Å²) in [6.45, 7) is 2.96. The molecule has 3 rings (SSSR count). The van der Waals surface area contributed by atoms with Crippen molar-refractivity contribution in [3.63, 3.8) is 0 Å². The van der Waals surface area contributed by atoms with Crippen LogP contribution in [-0.4, -0.2) is 36.8 Å². The van der Waals surface area contributed by atoms with Crippen LogP contribution in [0, 0.1) is 6.92 Å². The third kappa shape index (κ3) is 2.48. The minimum atomic E-state index is -0.173. The molecule has 3 heterocycles. The maximum absolute atomic E-state index is 11.9. The molecule has 0 saturated carbocycles. The van der Waals surface area contributed by atoms with Gasteiger partial charge in [-0.15, -0.1) is 16.4 Å². The minimum absolute atomic E-state index is 0.173. The number of hydrogen-bond donors (Lipinski definition) is 1. The van der Waals surface area contributed by atoms with Gasteiger partial charge in [0.05, 0.1) is 12.2 Å². The average Bonchev–Trinajstić information content (AvgIpc) is 3.03. The highest BCUT2D eigenvalue weighted by Crippen LogP contribution is 2.10.